The fourth-order valence-corrected chi connectivity index (χ4v) is 2.08. The molecule has 0 aromatic heterocycles. The fraction of sp³-hybridized carbons (Fsp3) is 0.438. The van der Waals surface area contributed by atoms with Crippen molar-refractivity contribution in [3.63, 3.8) is 0 Å². The van der Waals surface area contributed by atoms with E-state index in [0.717, 1.165) is 17.9 Å². The van der Waals surface area contributed by atoms with Crippen molar-refractivity contribution in [3.8, 4) is 11.5 Å². The molecule has 0 bridgehead atoms. The molecule has 4 nitrogen and oxygen atoms in total. The molecule has 0 heterocycles. The van der Waals surface area contributed by atoms with Crippen LogP contribution in [-0.4, -0.2) is 25.5 Å². The monoisotopic (exact) mass is 461 g/mol. The molecule has 0 saturated carbocycles. The molecule has 146 valence electrons. The van der Waals surface area contributed by atoms with E-state index < -0.39 is 22.2 Å². The summed E-state index contributed by atoms with van der Waals surface area (Å²) >= 11 is 8.45. The Hall–Kier alpha value is -1.48. The quantitative estimate of drug-likeness (QED) is 0.192. The number of ether oxygens (including phenoxy) is 2. The van der Waals surface area contributed by atoms with Gasteiger partial charge in [-0.2, -0.15) is 17.6 Å². The molecule has 0 atom stereocenters. The Morgan fingerprint density at radius 3 is 2.50 bits per heavy atom. The number of oxime groups is 1. The van der Waals surface area contributed by atoms with Gasteiger partial charge >= 0.3 is 6.18 Å². The molecule has 0 N–H and O–H groups in total. The van der Waals surface area contributed by atoms with Crippen LogP contribution in [0.25, 0.3) is 0 Å². The number of alkyl halides is 3. The summed E-state index contributed by atoms with van der Waals surface area (Å²) in [6, 6.07) is 1.93. The van der Waals surface area contributed by atoms with Crippen LogP contribution < -0.4 is 9.47 Å². The molecule has 1 aromatic carbocycles. The van der Waals surface area contributed by atoms with E-state index >= 15 is 0 Å². The highest BCUT2D eigenvalue weighted by atomic mass is 79.9. The minimum atomic E-state index is -4.70. The lowest BCUT2D eigenvalue weighted by Gasteiger charge is -2.17. The topological polar surface area (TPSA) is 40.0 Å². The van der Waals surface area contributed by atoms with Crippen LogP contribution in [0.2, 0.25) is 5.02 Å². The lowest BCUT2D eigenvalue weighted by molar-refractivity contribution is -0.139. The van der Waals surface area contributed by atoms with Gasteiger partial charge in [0.2, 0.25) is 0 Å². The van der Waals surface area contributed by atoms with Gasteiger partial charge in [0.1, 0.15) is 30.3 Å². The summed E-state index contributed by atoms with van der Waals surface area (Å²) in [5.74, 6) is -0.653. The van der Waals surface area contributed by atoms with E-state index in [1.807, 2.05) is 0 Å². The molecule has 0 radical (unpaired) electrons. The van der Waals surface area contributed by atoms with Crippen molar-refractivity contribution in [3.05, 3.63) is 33.5 Å². The first-order valence-corrected chi connectivity index (χ1v) is 8.59. The third kappa shape index (κ3) is 8.27. The van der Waals surface area contributed by atoms with Crippen LogP contribution in [0.4, 0.5) is 17.6 Å². The highest BCUT2D eigenvalue weighted by molar-refractivity contribution is 9.11. The first-order valence-electron chi connectivity index (χ1n) is 7.42. The number of nitrogens with zero attached hydrogens (tertiary/aromatic N) is 1. The van der Waals surface area contributed by atoms with Crippen LogP contribution >= 0.6 is 27.5 Å². The van der Waals surface area contributed by atoms with Crippen LogP contribution in [0.1, 0.15) is 25.8 Å². The summed E-state index contributed by atoms with van der Waals surface area (Å²) in [5.41, 5.74) is -0.356. The highest BCUT2D eigenvalue weighted by Crippen LogP contribution is 2.43. The van der Waals surface area contributed by atoms with E-state index in [1.165, 1.54) is 6.07 Å². The zero-order valence-corrected chi connectivity index (χ0v) is 16.3. The van der Waals surface area contributed by atoms with Crippen LogP contribution in [0.5, 0.6) is 11.5 Å². The molecule has 0 spiro atoms. The number of halogens is 6. The second-order valence-corrected chi connectivity index (χ2v) is 6.32. The molecular weight excluding hydrogens is 446 g/mol. The Balaban J connectivity index is 2.83. The Bertz CT molecular complexity index is 658. The molecule has 0 saturated heterocycles. The molecule has 0 amide bonds. The van der Waals surface area contributed by atoms with Crippen molar-refractivity contribution in [1.29, 1.82) is 0 Å². The van der Waals surface area contributed by atoms with E-state index in [0.29, 0.717) is 6.42 Å². The molecule has 10 heteroatoms. The van der Waals surface area contributed by atoms with Gasteiger partial charge in [-0.05, 0) is 41.9 Å². The van der Waals surface area contributed by atoms with Gasteiger partial charge in [0.25, 0.3) is 0 Å². The number of hydrogen-bond acceptors (Lipinski definition) is 4. The summed E-state index contributed by atoms with van der Waals surface area (Å²) < 4.78 is 61.9. The third-order valence-corrected chi connectivity index (χ3v) is 3.29. The largest absolute Gasteiger partial charge is 0.491 e. The van der Waals surface area contributed by atoms with Crippen molar-refractivity contribution >= 4 is 33.2 Å². The molecule has 26 heavy (non-hydrogen) atoms. The van der Waals surface area contributed by atoms with Crippen LogP contribution in [-0.2, 0) is 11.0 Å². The average Bonchev–Trinajstić information content (AvgIpc) is 2.50. The maximum absolute atomic E-state index is 13.3. The maximum Gasteiger partial charge on any atom is 0.420 e. The average molecular weight is 463 g/mol. The highest BCUT2D eigenvalue weighted by Gasteiger charge is 2.36. The molecule has 0 aliphatic heterocycles. The van der Waals surface area contributed by atoms with E-state index in [4.69, 9.17) is 25.9 Å². The summed E-state index contributed by atoms with van der Waals surface area (Å²) in [7, 11) is 0. The first-order chi connectivity index (χ1) is 12.1. The molecule has 0 aliphatic carbocycles. The molecule has 1 aromatic rings. The predicted molar refractivity (Wildman–Crippen MR) is 94.9 cm³/mol. The summed E-state index contributed by atoms with van der Waals surface area (Å²) in [4.78, 5) is 4.94. The Morgan fingerprint density at radius 2 is 1.92 bits per heavy atom. The van der Waals surface area contributed by atoms with Crippen molar-refractivity contribution in [1.82, 2.24) is 0 Å². The number of benzene rings is 1. The van der Waals surface area contributed by atoms with Crippen molar-refractivity contribution in [2.75, 3.05) is 19.8 Å². The van der Waals surface area contributed by atoms with Crippen molar-refractivity contribution < 1.29 is 31.9 Å². The zero-order chi connectivity index (χ0) is 19.7. The summed E-state index contributed by atoms with van der Waals surface area (Å²) in [6.45, 7) is 3.38. The van der Waals surface area contributed by atoms with Crippen molar-refractivity contribution in [2.24, 2.45) is 5.16 Å². The Morgan fingerprint density at radius 1 is 1.23 bits per heavy atom. The zero-order valence-electron chi connectivity index (χ0n) is 14.0. The first kappa shape index (κ1) is 22.6. The smallest absolute Gasteiger partial charge is 0.420 e. The molecule has 0 aliphatic rings. The lowest BCUT2D eigenvalue weighted by Crippen LogP contribution is -2.11. The second kappa shape index (κ2) is 10.6. The normalized spacial score (nSPS) is 11.9. The maximum atomic E-state index is 13.3. The second-order valence-electron chi connectivity index (χ2n) is 5.16. The van der Waals surface area contributed by atoms with Gasteiger partial charge in [-0.3, -0.25) is 0 Å². The van der Waals surface area contributed by atoms with Gasteiger partial charge < -0.3 is 14.3 Å². The molecule has 0 unspecified atom stereocenters. The predicted octanol–water partition coefficient (Wildman–Crippen LogP) is 6.12. The van der Waals surface area contributed by atoms with Crippen LogP contribution in [0.15, 0.2) is 28.1 Å². The minimum Gasteiger partial charge on any atom is -0.491 e. The Labute approximate surface area is 161 Å². The van der Waals surface area contributed by atoms with E-state index in [9.17, 15) is 17.6 Å². The molecule has 0 fully saturated rings. The van der Waals surface area contributed by atoms with Gasteiger partial charge in [0, 0.05) is 12.5 Å². The molecular formula is C16H17BrClF4NO3. The van der Waals surface area contributed by atoms with Crippen LogP contribution in [0, 0.1) is 0 Å². The number of hydrogen-bond donors (Lipinski definition) is 0. The van der Waals surface area contributed by atoms with E-state index in [1.54, 1.807) is 13.8 Å². The molecule has 1 rings (SSSR count). The van der Waals surface area contributed by atoms with Crippen LogP contribution in [0.3, 0.4) is 0 Å². The van der Waals surface area contributed by atoms with Gasteiger partial charge in [0.05, 0.1) is 17.3 Å². The van der Waals surface area contributed by atoms with Gasteiger partial charge in [0.15, 0.2) is 4.74 Å². The van der Waals surface area contributed by atoms with Gasteiger partial charge in [-0.25, -0.2) is 0 Å². The number of rotatable bonds is 9. The van der Waals surface area contributed by atoms with E-state index in [-0.39, 0.29) is 30.6 Å². The fourth-order valence-electron chi connectivity index (χ4n) is 1.68. The lowest BCUT2D eigenvalue weighted by atomic mass is 10.1. The standard InChI is InChI=1S/C16H17BrClF4NO3/c1-10(2)23-26-6-3-5-25-15-12(16(20,21)22)8-11(9-13(15)18)24-7-4-14(17)19/h4,8-9H,3,5-7H2,1-2H3/b14-4-. The summed E-state index contributed by atoms with van der Waals surface area (Å²) in [6.07, 6.45) is -3.38. The van der Waals surface area contributed by atoms with Gasteiger partial charge in [-0.15, -0.1) is 0 Å². The van der Waals surface area contributed by atoms with Gasteiger partial charge in [-0.1, -0.05) is 16.8 Å². The minimum absolute atomic E-state index is 0.0428. The summed E-state index contributed by atoms with van der Waals surface area (Å²) in [5, 5.41) is 3.44. The SMILES string of the molecule is CC(C)=NOCCCOc1c(Cl)cc(OC/C=C(\F)Br)cc1C(F)(F)F. The Kier molecular flexibility index (Phi) is 9.21. The third-order valence-electron chi connectivity index (χ3n) is 2.68. The van der Waals surface area contributed by atoms with E-state index in [2.05, 4.69) is 21.1 Å². The van der Waals surface area contributed by atoms with Crippen molar-refractivity contribution in [2.45, 2.75) is 26.4 Å².